The quantitative estimate of drug-likeness (QED) is 0.458. The fourth-order valence-electron chi connectivity index (χ4n) is 3.42. The van der Waals surface area contributed by atoms with Crippen molar-refractivity contribution in [2.24, 2.45) is 0 Å². The summed E-state index contributed by atoms with van der Waals surface area (Å²) in [6.07, 6.45) is 0. The van der Waals surface area contributed by atoms with Crippen LogP contribution in [0.1, 0.15) is 42.3 Å². The third-order valence-corrected chi connectivity index (χ3v) is 5.88. The molecule has 0 aliphatic carbocycles. The number of hydrogen-bond acceptors (Lipinski definition) is 5. The predicted molar refractivity (Wildman–Crippen MR) is 132 cm³/mol. The Labute approximate surface area is 210 Å². The molecule has 0 aliphatic heterocycles. The molecule has 0 saturated carbocycles. The highest BCUT2D eigenvalue weighted by atomic mass is 35.5. The first-order valence-electron chi connectivity index (χ1n) is 10.5. The maximum Gasteiger partial charge on any atom is 0.338 e. The average molecular weight is 520 g/mol. The standard InChI is InChI=1S/C24H23Cl2N3O6/c1-24(2,3)14-9-7-13(8-10-14)12-28-21(33)18(20(32)27-11-17(30)31)22(34)29(23(28)35)19-15(25)5-4-6-16(19)26/h4-10,33H,11-12H2,1-3H3,(H,27,32)(H,30,31). The van der Waals surface area contributed by atoms with Gasteiger partial charge in [0.05, 0.1) is 22.3 Å². The molecule has 1 heterocycles. The normalized spacial score (nSPS) is 11.3. The first-order valence-corrected chi connectivity index (χ1v) is 11.2. The second-order valence-corrected chi connectivity index (χ2v) is 9.62. The highest BCUT2D eigenvalue weighted by Gasteiger charge is 2.27. The van der Waals surface area contributed by atoms with Crippen LogP contribution in [-0.2, 0) is 16.8 Å². The number of carboxylic acid groups (broad SMARTS) is 1. The molecule has 0 saturated heterocycles. The third kappa shape index (κ3) is 5.41. The number of benzene rings is 2. The lowest BCUT2D eigenvalue weighted by molar-refractivity contribution is -0.135. The number of nitrogens with zero attached hydrogens (tertiary/aromatic N) is 2. The molecule has 0 fully saturated rings. The number of halogens is 2. The van der Waals surface area contributed by atoms with E-state index in [0.29, 0.717) is 10.1 Å². The Morgan fingerprint density at radius 2 is 1.57 bits per heavy atom. The fraction of sp³-hybridized carbons (Fsp3) is 0.250. The summed E-state index contributed by atoms with van der Waals surface area (Å²) in [5.74, 6) is -3.45. The van der Waals surface area contributed by atoms with Crippen molar-refractivity contribution >= 4 is 35.1 Å². The summed E-state index contributed by atoms with van der Waals surface area (Å²) >= 11 is 12.4. The molecule has 2 aromatic carbocycles. The minimum atomic E-state index is -1.36. The molecule has 0 radical (unpaired) electrons. The van der Waals surface area contributed by atoms with Gasteiger partial charge in [0.25, 0.3) is 11.5 Å². The van der Waals surface area contributed by atoms with Crippen LogP contribution in [0.15, 0.2) is 52.1 Å². The molecule has 3 rings (SSSR count). The number of hydrogen-bond donors (Lipinski definition) is 3. The number of carbonyl (C=O) groups excluding carboxylic acids is 1. The summed E-state index contributed by atoms with van der Waals surface area (Å²) in [7, 11) is 0. The van der Waals surface area contributed by atoms with Crippen LogP contribution in [-0.4, -0.2) is 37.8 Å². The molecule has 35 heavy (non-hydrogen) atoms. The fourth-order valence-corrected chi connectivity index (χ4v) is 3.99. The van der Waals surface area contributed by atoms with E-state index in [4.69, 9.17) is 28.3 Å². The zero-order valence-corrected chi connectivity index (χ0v) is 20.6. The van der Waals surface area contributed by atoms with Crippen LogP contribution in [0, 0.1) is 0 Å². The Kier molecular flexibility index (Phi) is 7.42. The van der Waals surface area contributed by atoms with Crippen LogP contribution in [0.5, 0.6) is 5.88 Å². The van der Waals surface area contributed by atoms with Crippen molar-refractivity contribution in [1.29, 1.82) is 0 Å². The molecule has 0 spiro atoms. The van der Waals surface area contributed by atoms with E-state index >= 15 is 0 Å². The Hall–Kier alpha value is -3.56. The molecule has 3 N–H and O–H groups in total. The van der Waals surface area contributed by atoms with Crippen molar-refractivity contribution < 1.29 is 19.8 Å². The number of aliphatic carboxylic acids is 1. The van der Waals surface area contributed by atoms with Crippen molar-refractivity contribution in [1.82, 2.24) is 14.5 Å². The monoisotopic (exact) mass is 519 g/mol. The van der Waals surface area contributed by atoms with Gasteiger partial charge in [-0.3, -0.25) is 19.0 Å². The SMILES string of the molecule is CC(C)(C)c1ccc(Cn2c(O)c(C(=O)NCC(=O)O)c(=O)n(-c3c(Cl)cccc3Cl)c2=O)cc1. The van der Waals surface area contributed by atoms with Gasteiger partial charge in [0.1, 0.15) is 6.54 Å². The Balaban J connectivity index is 2.26. The Bertz CT molecular complexity index is 1400. The number of aromatic hydroxyl groups is 1. The largest absolute Gasteiger partial charge is 0.494 e. The van der Waals surface area contributed by atoms with E-state index in [1.54, 1.807) is 12.1 Å². The molecule has 3 aromatic rings. The molecule has 9 nitrogen and oxygen atoms in total. The molecule has 1 aromatic heterocycles. The molecular weight excluding hydrogens is 497 g/mol. The van der Waals surface area contributed by atoms with Gasteiger partial charge in [0, 0.05) is 0 Å². The molecule has 184 valence electrons. The molecule has 0 bridgehead atoms. The topological polar surface area (TPSA) is 131 Å². The number of carboxylic acids is 1. The van der Waals surface area contributed by atoms with Crippen LogP contribution in [0.25, 0.3) is 5.69 Å². The second-order valence-electron chi connectivity index (χ2n) is 8.80. The van der Waals surface area contributed by atoms with Gasteiger partial charge in [-0.05, 0) is 28.7 Å². The van der Waals surface area contributed by atoms with E-state index in [-0.39, 0.29) is 27.7 Å². The molecule has 0 aliphatic rings. The summed E-state index contributed by atoms with van der Waals surface area (Å²) < 4.78 is 1.41. The van der Waals surface area contributed by atoms with Crippen molar-refractivity contribution in [2.75, 3.05) is 6.54 Å². The summed E-state index contributed by atoms with van der Waals surface area (Å²) in [6, 6.07) is 11.6. The van der Waals surface area contributed by atoms with Gasteiger partial charge in [-0.15, -0.1) is 0 Å². The highest BCUT2D eigenvalue weighted by Crippen LogP contribution is 2.27. The smallest absolute Gasteiger partial charge is 0.338 e. The number of aromatic nitrogens is 2. The summed E-state index contributed by atoms with van der Waals surface area (Å²) in [5.41, 5.74) is -1.66. The van der Waals surface area contributed by atoms with E-state index in [0.717, 1.165) is 10.1 Å². The van der Waals surface area contributed by atoms with Crippen LogP contribution in [0.3, 0.4) is 0 Å². The second kappa shape index (κ2) is 9.97. The van der Waals surface area contributed by atoms with Gasteiger partial charge in [-0.2, -0.15) is 0 Å². The summed E-state index contributed by atoms with van der Waals surface area (Å²) in [4.78, 5) is 50.2. The van der Waals surface area contributed by atoms with Gasteiger partial charge in [-0.25, -0.2) is 9.36 Å². The van der Waals surface area contributed by atoms with E-state index < -0.39 is 41.1 Å². The molecule has 0 unspecified atom stereocenters. The minimum Gasteiger partial charge on any atom is -0.494 e. The van der Waals surface area contributed by atoms with Crippen molar-refractivity contribution in [3.63, 3.8) is 0 Å². The van der Waals surface area contributed by atoms with Crippen molar-refractivity contribution in [3.8, 4) is 11.6 Å². The lowest BCUT2D eigenvalue weighted by atomic mass is 9.87. The Morgan fingerprint density at radius 1 is 1.00 bits per heavy atom. The summed E-state index contributed by atoms with van der Waals surface area (Å²) in [6.45, 7) is 5.13. The molecular formula is C24H23Cl2N3O6. The van der Waals surface area contributed by atoms with Gasteiger partial charge in [-0.1, -0.05) is 74.3 Å². The van der Waals surface area contributed by atoms with E-state index in [1.165, 1.54) is 18.2 Å². The van der Waals surface area contributed by atoms with Gasteiger partial charge in [0.2, 0.25) is 5.88 Å². The zero-order valence-electron chi connectivity index (χ0n) is 19.1. The van der Waals surface area contributed by atoms with E-state index in [1.807, 2.05) is 38.2 Å². The van der Waals surface area contributed by atoms with Crippen molar-refractivity contribution in [2.45, 2.75) is 32.7 Å². The molecule has 11 heteroatoms. The zero-order chi connectivity index (χ0) is 26.1. The van der Waals surface area contributed by atoms with E-state index in [2.05, 4.69) is 0 Å². The van der Waals surface area contributed by atoms with Gasteiger partial charge >= 0.3 is 11.7 Å². The number of carbonyl (C=O) groups is 2. The first-order chi connectivity index (χ1) is 16.3. The van der Waals surface area contributed by atoms with Gasteiger partial charge in [0.15, 0.2) is 5.56 Å². The van der Waals surface area contributed by atoms with E-state index in [9.17, 15) is 24.3 Å². The minimum absolute atomic E-state index is 0.0413. The van der Waals surface area contributed by atoms with Crippen LogP contribution < -0.4 is 16.6 Å². The maximum absolute atomic E-state index is 13.4. The van der Waals surface area contributed by atoms with Crippen LogP contribution >= 0.6 is 23.2 Å². The predicted octanol–water partition coefficient (Wildman–Crippen LogP) is 3.17. The number of rotatable bonds is 6. The van der Waals surface area contributed by atoms with Gasteiger partial charge < -0.3 is 15.5 Å². The Morgan fingerprint density at radius 3 is 2.09 bits per heavy atom. The lowest BCUT2D eigenvalue weighted by Crippen LogP contribution is -2.44. The number of amides is 1. The number of nitrogens with one attached hydrogen (secondary N) is 1. The van der Waals surface area contributed by atoms with Crippen LogP contribution in [0.2, 0.25) is 10.0 Å². The van der Waals surface area contributed by atoms with Crippen LogP contribution in [0.4, 0.5) is 0 Å². The third-order valence-electron chi connectivity index (χ3n) is 5.27. The summed E-state index contributed by atoms with van der Waals surface area (Å²) in [5, 5.41) is 21.6. The average Bonchev–Trinajstić information content (AvgIpc) is 2.77. The molecule has 1 amide bonds. The highest BCUT2D eigenvalue weighted by molar-refractivity contribution is 6.37. The van der Waals surface area contributed by atoms with Crippen molar-refractivity contribution in [3.05, 3.63) is 90.0 Å². The number of para-hydroxylation sites is 1. The lowest BCUT2D eigenvalue weighted by Gasteiger charge is -2.20. The first kappa shape index (κ1) is 26.1. The molecule has 0 atom stereocenters. The maximum atomic E-state index is 13.4.